The fraction of sp³-hybridized carbons (Fsp3) is 0.545. The fourth-order valence-electron chi connectivity index (χ4n) is 7.30. The molecular formula is C33H44IrNO2-. The van der Waals surface area contributed by atoms with Gasteiger partial charge >= 0.3 is 0 Å². The van der Waals surface area contributed by atoms with Crippen LogP contribution in [0.2, 0.25) is 0 Å². The van der Waals surface area contributed by atoms with E-state index >= 15 is 0 Å². The molecule has 1 heterocycles. The third-order valence-electron chi connectivity index (χ3n) is 9.90. The molecule has 37 heavy (non-hydrogen) atoms. The molecule has 4 atom stereocenters. The van der Waals surface area contributed by atoms with E-state index < -0.39 is 0 Å². The van der Waals surface area contributed by atoms with Crippen LogP contribution in [0, 0.1) is 28.7 Å². The van der Waals surface area contributed by atoms with Crippen LogP contribution in [0.1, 0.15) is 79.1 Å². The maximum atomic E-state index is 11.1. The molecule has 2 aromatic carbocycles. The molecule has 5 rings (SSSR count). The first kappa shape index (κ1) is 30.0. The molecule has 4 heteroatoms. The van der Waals surface area contributed by atoms with E-state index in [-0.39, 0.29) is 49.1 Å². The van der Waals surface area contributed by atoms with Gasteiger partial charge in [0.05, 0.1) is 12.2 Å². The zero-order valence-corrected chi connectivity index (χ0v) is 25.3. The summed E-state index contributed by atoms with van der Waals surface area (Å²) in [5.74, 6) is 0.636. The minimum atomic E-state index is -0.319. The monoisotopic (exact) mass is 679 g/mol. The zero-order valence-electron chi connectivity index (χ0n) is 22.9. The van der Waals surface area contributed by atoms with Gasteiger partial charge in [-0.15, -0.1) is 35.9 Å². The van der Waals surface area contributed by atoms with E-state index in [1.165, 1.54) is 23.6 Å². The summed E-state index contributed by atoms with van der Waals surface area (Å²) in [5, 5.41) is 24.5. The van der Waals surface area contributed by atoms with Crippen molar-refractivity contribution in [3.8, 4) is 11.3 Å². The predicted molar refractivity (Wildman–Crippen MR) is 150 cm³/mol. The van der Waals surface area contributed by atoms with Crippen molar-refractivity contribution in [1.29, 1.82) is 0 Å². The number of rotatable bonds is 5. The molecule has 0 aliphatic heterocycles. The minimum absolute atomic E-state index is 0. The largest absolute Gasteiger partial charge is 0.392 e. The van der Waals surface area contributed by atoms with Crippen molar-refractivity contribution in [3.63, 3.8) is 0 Å². The smallest absolute Gasteiger partial charge is 0.0651 e. The molecule has 1 aromatic heterocycles. The molecule has 3 aromatic rings. The maximum absolute atomic E-state index is 11.1. The van der Waals surface area contributed by atoms with Crippen molar-refractivity contribution in [1.82, 2.24) is 4.98 Å². The average Bonchev–Trinajstić information content (AvgIpc) is 3.14. The maximum Gasteiger partial charge on any atom is 0.0651 e. The Bertz CT molecular complexity index is 1100. The van der Waals surface area contributed by atoms with Gasteiger partial charge in [0.1, 0.15) is 0 Å². The Morgan fingerprint density at radius 3 is 2.16 bits per heavy atom. The Labute approximate surface area is 237 Å². The van der Waals surface area contributed by atoms with Crippen LogP contribution < -0.4 is 0 Å². The first-order valence-electron chi connectivity index (χ1n) is 14.1. The second-order valence-electron chi connectivity index (χ2n) is 11.1. The first-order valence-corrected chi connectivity index (χ1v) is 14.1. The van der Waals surface area contributed by atoms with Gasteiger partial charge in [-0.05, 0) is 84.2 Å². The number of aromatic nitrogens is 1. The van der Waals surface area contributed by atoms with Gasteiger partial charge in [0, 0.05) is 32.2 Å². The standard InChI is InChI=1S/C18H34O2.C15H10N.Ir/c1-5-17(6-2)11-9-10-13-12-18(7-3,8-4)16(20)14(13)15(17)19;1-2-7-13(8-3-1)15-14-9-5-4-6-12(14)10-11-16-15;/h13-16,19-20H,5-12H2,1-4H3;1-7,9-11H;/q;-1;. The predicted octanol–water partition coefficient (Wildman–Crippen LogP) is 7.84. The van der Waals surface area contributed by atoms with E-state index in [4.69, 9.17) is 0 Å². The molecule has 2 N–H and O–H groups in total. The molecule has 2 fully saturated rings. The molecule has 0 amide bonds. The number of fused-ring (bicyclic) bond motifs is 2. The Balaban J connectivity index is 0.000000204. The molecule has 2 aliphatic carbocycles. The number of hydrogen-bond donors (Lipinski definition) is 2. The van der Waals surface area contributed by atoms with Gasteiger partial charge in [0.25, 0.3) is 0 Å². The van der Waals surface area contributed by atoms with Crippen molar-refractivity contribution in [2.75, 3.05) is 0 Å². The molecule has 4 unspecified atom stereocenters. The summed E-state index contributed by atoms with van der Waals surface area (Å²) in [6, 6.07) is 21.4. The van der Waals surface area contributed by atoms with Crippen molar-refractivity contribution in [2.45, 2.75) is 91.3 Å². The molecule has 0 bridgehead atoms. The van der Waals surface area contributed by atoms with Gasteiger partial charge in [0.15, 0.2) is 0 Å². The molecule has 203 valence electrons. The summed E-state index contributed by atoms with van der Waals surface area (Å²) in [5.41, 5.74) is 2.14. The SMILES string of the molecule is CCC1(CC)CCCC2CC(CC)(CC)C(O)C2C1O.[Ir].[c-]1ccccc1-c1nccc2ccccc12. The summed E-state index contributed by atoms with van der Waals surface area (Å²) in [6.45, 7) is 8.83. The molecule has 0 spiro atoms. The number of benzene rings is 2. The first-order chi connectivity index (χ1) is 17.4. The van der Waals surface area contributed by atoms with Crippen molar-refractivity contribution < 1.29 is 30.3 Å². The summed E-state index contributed by atoms with van der Waals surface area (Å²) in [6.07, 6.45) is 10.0. The van der Waals surface area contributed by atoms with Gasteiger partial charge in [-0.1, -0.05) is 58.4 Å². The van der Waals surface area contributed by atoms with Gasteiger partial charge in [-0.25, -0.2) is 0 Å². The van der Waals surface area contributed by atoms with Crippen LogP contribution in [0.25, 0.3) is 22.0 Å². The molecule has 2 saturated carbocycles. The van der Waals surface area contributed by atoms with E-state index in [1.54, 1.807) is 0 Å². The van der Waals surface area contributed by atoms with Crippen LogP contribution >= 0.6 is 0 Å². The molecule has 3 nitrogen and oxygen atoms in total. The van der Waals surface area contributed by atoms with Gasteiger partial charge in [-0.3, -0.25) is 0 Å². The molecule has 1 radical (unpaired) electrons. The zero-order chi connectivity index (χ0) is 25.8. The Kier molecular flexibility index (Phi) is 10.5. The van der Waals surface area contributed by atoms with Gasteiger partial charge in [0.2, 0.25) is 0 Å². The number of nitrogens with zero attached hydrogens (tertiary/aromatic N) is 1. The van der Waals surface area contributed by atoms with Crippen LogP contribution in [0.5, 0.6) is 0 Å². The molecule has 0 saturated heterocycles. The van der Waals surface area contributed by atoms with E-state index in [9.17, 15) is 10.2 Å². The van der Waals surface area contributed by atoms with Crippen LogP contribution in [0.3, 0.4) is 0 Å². The van der Waals surface area contributed by atoms with Crippen molar-refractivity contribution in [2.24, 2.45) is 22.7 Å². The van der Waals surface area contributed by atoms with E-state index in [1.807, 2.05) is 48.7 Å². The minimum Gasteiger partial charge on any atom is -0.392 e. The van der Waals surface area contributed by atoms with E-state index in [0.29, 0.717) is 5.92 Å². The summed E-state index contributed by atoms with van der Waals surface area (Å²) in [4.78, 5) is 4.45. The van der Waals surface area contributed by atoms with E-state index in [2.05, 4.69) is 50.9 Å². The van der Waals surface area contributed by atoms with E-state index in [0.717, 1.165) is 49.8 Å². The quantitative estimate of drug-likeness (QED) is 0.271. The van der Waals surface area contributed by atoms with Crippen molar-refractivity contribution in [3.05, 3.63) is 66.9 Å². The third-order valence-corrected chi connectivity index (χ3v) is 9.90. The second-order valence-corrected chi connectivity index (χ2v) is 11.1. The fourth-order valence-corrected chi connectivity index (χ4v) is 7.30. The number of aliphatic hydroxyl groups excluding tert-OH is 2. The summed E-state index contributed by atoms with van der Waals surface area (Å²) >= 11 is 0. The Morgan fingerprint density at radius 1 is 0.865 bits per heavy atom. The van der Waals surface area contributed by atoms with Gasteiger partial charge < -0.3 is 15.2 Å². The topological polar surface area (TPSA) is 53.4 Å². The summed E-state index contributed by atoms with van der Waals surface area (Å²) < 4.78 is 0. The van der Waals surface area contributed by atoms with Crippen LogP contribution in [-0.2, 0) is 20.1 Å². The Hall–Kier alpha value is -1.58. The number of pyridine rings is 1. The van der Waals surface area contributed by atoms with Crippen LogP contribution in [0.4, 0.5) is 0 Å². The molecular weight excluding hydrogens is 635 g/mol. The average molecular weight is 679 g/mol. The van der Waals surface area contributed by atoms with Crippen LogP contribution in [0.15, 0.2) is 60.8 Å². The van der Waals surface area contributed by atoms with Crippen molar-refractivity contribution >= 4 is 10.8 Å². The molecule has 2 aliphatic rings. The second kappa shape index (κ2) is 13.0. The normalized spacial score (nSPS) is 25.8. The third kappa shape index (κ3) is 5.74. The summed E-state index contributed by atoms with van der Waals surface area (Å²) in [7, 11) is 0. The number of hydrogen-bond acceptors (Lipinski definition) is 3. The number of aliphatic hydroxyl groups is 2. The van der Waals surface area contributed by atoms with Crippen LogP contribution in [-0.4, -0.2) is 27.4 Å². The Morgan fingerprint density at radius 2 is 1.51 bits per heavy atom. The van der Waals surface area contributed by atoms with Gasteiger partial charge in [-0.2, -0.15) is 0 Å².